The Morgan fingerprint density at radius 2 is 2.05 bits per heavy atom. The third kappa shape index (κ3) is 4.60. The fraction of sp³-hybridized carbons (Fsp3) is 0.867. The van der Waals surface area contributed by atoms with Crippen LogP contribution in [0, 0.1) is 11.3 Å². The second-order valence-corrected chi connectivity index (χ2v) is 6.89. The van der Waals surface area contributed by atoms with Crippen LogP contribution < -0.4 is 5.32 Å². The lowest BCUT2D eigenvalue weighted by molar-refractivity contribution is 0.213. The molecule has 1 saturated carbocycles. The maximum Gasteiger partial charge on any atom is 0.0692 e. The quantitative estimate of drug-likeness (QED) is 0.850. The molecule has 1 fully saturated rings. The molecule has 1 aliphatic carbocycles. The van der Waals surface area contributed by atoms with Gasteiger partial charge in [-0.25, -0.2) is 0 Å². The summed E-state index contributed by atoms with van der Waals surface area (Å²) in [6, 6.07) is 0.691. The first-order valence-corrected chi connectivity index (χ1v) is 7.63. The highest BCUT2D eigenvalue weighted by Gasteiger charge is 2.27. The van der Waals surface area contributed by atoms with Gasteiger partial charge in [-0.1, -0.05) is 32.4 Å². The van der Waals surface area contributed by atoms with Crippen LogP contribution in [0.1, 0.15) is 52.9 Å². The Labute approximate surface area is 117 Å². The monoisotopic (exact) mass is 264 g/mol. The highest BCUT2D eigenvalue weighted by atomic mass is 15.4. The van der Waals surface area contributed by atoms with Gasteiger partial charge in [0.15, 0.2) is 0 Å². The van der Waals surface area contributed by atoms with Crippen LogP contribution in [0.25, 0.3) is 0 Å². The van der Waals surface area contributed by atoms with Crippen LogP contribution in [0.15, 0.2) is 12.4 Å². The lowest BCUT2D eigenvalue weighted by atomic mass is 9.76. The molecular weight excluding hydrogens is 236 g/mol. The van der Waals surface area contributed by atoms with Crippen LogP contribution in [-0.4, -0.2) is 27.6 Å². The van der Waals surface area contributed by atoms with E-state index in [2.05, 4.69) is 36.4 Å². The normalized spacial score (nSPS) is 25.2. The van der Waals surface area contributed by atoms with E-state index < -0.39 is 0 Å². The summed E-state index contributed by atoms with van der Waals surface area (Å²) in [5, 5.41) is 11.5. The van der Waals surface area contributed by atoms with Crippen molar-refractivity contribution in [2.24, 2.45) is 11.3 Å². The summed E-state index contributed by atoms with van der Waals surface area (Å²) in [4.78, 5) is 0. The minimum Gasteiger partial charge on any atom is -0.312 e. The number of rotatable bonds is 4. The molecule has 1 aromatic rings. The first kappa shape index (κ1) is 14.5. The van der Waals surface area contributed by atoms with Gasteiger partial charge in [-0.15, -0.1) is 5.10 Å². The van der Waals surface area contributed by atoms with E-state index in [-0.39, 0.29) is 0 Å². The Hall–Kier alpha value is -0.900. The molecule has 1 aromatic heterocycles. The van der Waals surface area contributed by atoms with Crippen molar-refractivity contribution in [1.29, 1.82) is 0 Å². The Morgan fingerprint density at radius 1 is 1.21 bits per heavy atom. The van der Waals surface area contributed by atoms with Crippen molar-refractivity contribution in [3.8, 4) is 0 Å². The Bertz CT molecular complexity index is 353. The summed E-state index contributed by atoms with van der Waals surface area (Å²) in [6.07, 6.45) is 10.4. The van der Waals surface area contributed by atoms with Crippen molar-refractivity contribution in [2.75, 3.05) is 6.54 Å². The summed E-state index contributed by atoms with van der Waals surface area (Å²) in [7, 11) is 0. The highest BCUT2D eigenvalue weighted by molar-refractivity contribution is 4.81. The fourth-order valence-corrected chi connectivity index (χ4v) is 3.11. The summed E-state index contributed by atoms with van der Waals surface area (Å²) >= 11 is 0. The van der Waals surface area contributed by atoms with Gasteiger partial charge in [0.05, 0.1) is 12.7 Å². The van der Waals surface area contributed by atoms with Gasteiger partial charge in [0, 0.05) is 18.8 Å². The maximum atomic E-state index is 3.99. The molecule has 1 N–H and O–H groups in total. The molecule has 0 bridgehead atoms. The minimum absolute atomic E-state index is 0.468. The standard InChI is InChI=1S/C15H28N4/c1-15(2,3)13-5-4-6-14(8-7-13)16-9-11-19-12-10-17-18-19/h10,12-14,16H,4-9,11H2,1-3H3. The first-order chi connectivity index (χ1) is 9.05. The van der Waals surface area contributed by atoms with Crippen molar-refractivity contribution in [2.45, 2.75) is 65.5 Å². The van der Waals surface area contributed by atoms with Crippen LogP contribution in [-0.2, 0) is 6.54 Å². The predicted octanol–water partition coefficient (Wildman–Crippen LogP) is 2.86. The van der Waals surface area contributed by atoms with E-state index in [9.17, 15) is 0 Å². The van der Waals surface area contributed by atoms with Gasteiger partial charge in [0.25, 0.3) is 0 Å². The molecule has 2 unspecified atom stereocenters. The third-order valence-electron chi connectivity index (χ3n) is 4.44. The second-order valence-electron chi connectivity index (χ2n) is 6.89. The van der Waals surface area contributed by atoms with Gasteiger partial charge >= 0.3 is 0 Å². The van der Waals surface area contributed by atoms with Crippen LogP contribution in [0.5, 0.6) is 0 Å². The molecule has 0 amide bonds. The molecule has 0 saturated heterocycles. The molecule has 0 radical (unpaired) electrons. The van der Waals surface area contributed by atoms with Gasteiger partial charge in [0.1, 0.15) is 0 Å². The molecule has 19 heavy (non-hydrogen) atoms. The molecule has 4 nitrogen and oxygen atoms in total. The van der Waals surface area contributed by atoms with E-state index >= 15 is 0 Å². The summed E-state index contributed by atoms with van der Waals surface area (Å²) < 4.78 is 1.89. The lowest BCUT2D eigenvalue weighted by Crippen LogP contribution is -2.31. The van der Waals surface area contributed by atoms with Crippen LogP contribution in [0.2, 0.25) is 0 Å². The minimum atomic E-state index is 0.468. The summed E-state index contributed by atoms with van der Waals surface area (Å²) in [5.74, 6) is 0.884. The molecular formula is C15H28N4. The molecule has 2 atom stereocenters. The number of aromatic nitrogens is 3. The molecule has 1 aliphatic rings. The van der Waals surface area contributed by atoms with Crippen LogP contribution in [0.4, 0.5) is 0 Å². The van der Waals surface area contributed by atoms with Crippen LogP contribution >= 0.6 is 0 Å². The Morgan fingerprint density at radius 3 is 2.74 bits per heavy atom. The van der Waals surface area contributed by atoms with Crippen LogP contribution in [0.3, 0.4) is 0 Å². The van der Waals surface area contributed by atoms with Crippen molar-refractivity contribution in [3.63, 3.8) is 0 Å². The molecule has 4 heteroatoms. The maximum absolute atomic E-state index is 3.99. The first-order valence-electron chi connectivity index (χ1n) is 7.63. The van der Waals surface area contributed by atoms with Crippen molar-refractivity contribution < 1.29 is 0 Å². The van der Waals surface area contributed by atoms with Gasteiger partial charge in [-0.05, 0) is 37.0 Å². The Balaban J connectivity index is 1.71. The zero-order chi connectivity index (χ0) is 13.7. The fourth-order valence-electron chi connectivity index (χ4n) is 3.11. The second kappa shape index (κ2) is 6.51. The van der Waals surface area contributed by atoms with Gasteiger partial charge in [0.2, 0.25) is 0 Å². The van der Waals surface area contributed by atoms with E-state index in [1.165, 1.54) is 32.1 Å². The van der Waals surface area contributed by atoms with Gasteiger partial charge in [-0.2, -0.15) is 0 Å². The van der Waals surface area contributed by atoms with Crippen molar-refractivity contribution in [3.05, 3.63) is 12.4 Å². The summed E-state index contributed by atoms with van der Waals surface area (Å²) in [6.45, 7) is 9.07. The zero-order valence-electron chi connectivity index (χ0n) is 12.6. The molecule has 108 valence electrons. The molecule has 2 rings (SSSR count). The third-order valence-corrected chi connectivity index (χ3v) is 4.44. The molecule has 1 heterocycles. The van der Waals surface area contributed by atoms with E-state index in [1.54, 1.807) is 6.20 Å². The van der Waals surface area contributed by atoms with Gasteiger partial charge in [-0.3, -0.25) is 4.68 Å². The largest absolute Gasteiger partial charge is 0.312 e. The van der Waals surface area contributed by atoms with E-state index in [4.69, 9.17) is 0 Å². The number of hydrogen-bond acceptors (Lipinski definition) is 3. The Kier molecular flexibility index (Phi) is 4.97. The smallest absolute Gasteiger partial charge is 0.0692 e. The number of nitrogens with zero attached hydrogens (tertiary/aromatic N) is 3. The molecule has 0 spiro atoms. The van der Waals surface area contributed by atoms with Gasteiger partial charge < -0.3 is 5.32 Å². The average Bonchev–Trinajstić information content (AvgIpc) is 2.72. The van der Waals surface area contributed by atoms with E-state index in [0.717, 1.165) is 19.0 Å². The SMILES string of the molecule is CC(C)(C)C1CCCC(NCCn2ccnn2)CC1. The number of hydrogen-bond donors (Lipinski definition) is 1. The topological polar surface area (TPSA) is 42.7 Å². The summed E-state index contributed by atoms with van der Waals surface area (Å²) in [5.41, 5.74) is 0.468. The molecule has 0 aromatic carbocycles. The van der Waals surface area contributed by atoms with E-state index in [0.29, 0.717) is 11.5 Å². The van der Waals surface area contributed by atoms with Crippen molar-refractivity contribution >= 4 is 0 Å². The highest BCUT2D eigenvalue weighted by Crippen LogP contribution is 2.36. The lowest BCUT2D eigenvalue weighted by Gasteiger charge is -2.29. The van der Waals surface area contributed by atoms with Crippen molar-refractivity contribution in [1.82, 2.24) is 20.3 Å². The average molecular weight is 264 g/mol. The predicted molar refractivity (Wildman–Crippen MR) is 77.8 cm³/mol. The number of nitrogens with one attached hydrogen (secondary N) is 1. The zero-order valence-corrected chi connectivity index (χ0v) is 12.6. The van der Waals surface area contributed by atoms with E-state index in [1.807, 2.05) is 10.9 Å². The molecule has 0 aliphatic heterocycles.